The number of rotatable bonds is 6. The molecule has 5 rings (SSSR count). The first-order valence-electron chi connectivity index (χ1n) is 10.4. The van der Waals surface area contributed by atoms with Crippen molar-refractivity contribution in [1.29, 1.82) is 0 Å². The average molecular weight is 442 g/mol. The lowest BCUT2D eigenvalue weighted by Gasteiger charge is -2.15. The van der Waals surface area contributed by atoms with Gasteiger partial charge >= 0.3 is 0 Å². The van der Waals surface area contributed by atoms with Crippen molar-refractivity contribution in [2.24, 2.45) is 0 Å². The minimum absolute atomic E-state index is 0.125. The molecule has 5 aromatic rings. The van der Waals surface area contributed by atoms with E-state index < -0.39 is 0 Å². The first-order valence-corrected chi connectivity index (χ1v) is 10.4. The van der Waals surface area contributed by atoms with Crippen LogP contribution in [0.2, 0.25) is 0 Å². The van der Waals surface area contributed by atoms with E-state index in [-0.39, 0.29) is 5.56 Å². The topological polar surface area (TPSA) is 79.9 Å². The van der Waals surface area contributed by atoms with Crippen LogP contribution in [0.25, 0.3) is 28.1 Å². The Bertz CT molecular complexity index is 1520. The van der Waals surface area contributed by atoms with Gasteiger partial charge in [0.2, 0.25) is 5.78 Å². The minimum atomic E-state index is -0.125. The number of hydrogen-bond donors (Lipinski definition) is 0. The maximum Gasteiger partial charge on any atom is 0.263 e. The van der Waals surface area contributed by atoms with E-state index in [2.05, 4.69) is 10.2 Å². The van der Waals surface area contributed by atoms with Gasteiger partial charge in [-0.25, -0.2) is 0 Å². The van der Waals surface area contributed by atoms with Crippen LogP contribution in [0, 0.1) is 0 Å². The van der Waals surface area contributed by atoms with Crippen molar-refractivity contribution >= 4 is 16.7 Å². The van der Waals surface area contributed by atoms with Crippen molar-refractivity contribution < 1.29 is 14.2 Å². The van der Waals surface area contributed by atoms with Crippen LogP contribution >= 0.6 is 0 Å². The maximum absolute atomic E-state index is 13.4. The molecule has 0 saturated carbocycles. The highest BCUT2D eigenvalue weighted by atomic mass is 16.5. The highest BCUT2D eigenvalue weighted by Crippen LogP contribution is 2.39. The molecule has 0 amide bonds. The molecule has 0 aliphatic rings. The number of para-hydroxylation sites is 1. The Balaban J connectivity index is 1.84. The van der Waals surface area contributed by atoms with E-state index >= 15 is 0 Å². The zero-order valence-corrected chi connectivity index (χ0v) is 18.5. The Morgan fingerprint density at radius 3 is 2.18 bits per heavy atom. The fourth-order valence-electron chi connectivity index (χ4n) is 4.05. The number of benzene rings is 3. The Kier molecular flexibility index (Phi) is 5.18. The lowest BCUT2D eigenvalue weighted by atomic mass is 10.1. The monoisotopic (exact) mass is 442 g/mol. The lowest BCUT2D eigenvalue weighted by Crippen LogP contribution is -2.24. The van der Waals surface area contributed by atoms with Crippen molar-refractivity contribution in [3.8, 4) is 28.6 Å². The number of fused-ring (bicyclic) bond motifs is 3. The second-order valence-electron chi connectivity index (χ2n) is 7.46. The van der Waals surface area contributed by atoms with E-state index in [0.717, 1.165) is 5.56 Å². The third-order valence-electron chi connectivity index (χ3n) is 5.64. The summed E-state index contributed by atoms with van der Waals surface area (Å²) in [6.07, 6.45) is 0. The van der Waals surface area contributed by atoms with Gasteiger partial charge < -0.3 is 14.2 Å². The summed E-state index contributed by atoms with van der Waals surface area (Å²) in [7, 11) is 4.72. The third kappa shape index (κ3) is 3.36. The van der Waals surface area contributed by atoms with E-state index in [1.54, 1.807) is 38.0 Å². The van der Waals surface area contributed by atoms with Crippen molar-refractivity contribution in [3.63, 3.8) is 0 Å². The van der Waals surface area contributed by atoms with Gasteiger partial charge in [-0.3, -0.25) is 13.8 Å². The van der Waals surface area contributed by atoms with Crippen LogP contribution in [0.3, 0.4) is 0 Å². The molecule has 0 aliphatic heterocycles. The summed E-state index contributed by atoms with van der Waals surface area (Å²) in [6, 6.07) is 20.8. The molecule has 0 unspecified atom stereocenters. The van der Waals surface area contributed by atoms with Crippen LogP contribution in [-0.4, -0.2) is 40.5 Å². The molecule has 2 heterocycles. The molecule has 0 fully saturated rings. The molecule has 8 nitrogen and oxygen atoms in total. The SMILES string of the molecule is COc1cc(OC)c(-c2nnc3n(Cc4ccccc4)c(=O)c4ccccc4n23)cc1OC. The highest BCUT2D eigenvalue weighted by Gasteiger charge is 2.22. The molecular formula is C25H22N4O4. The normalized spacial score (nSPS) is 11.1. The van der Waals surface area contributed by atoms with Gasteiger partial charge in [0.05, 0.1) is 44.3 Å². The van der Waals surface area contributed by atoms with Gasteiger partial charge in [-0.2, -0.15) is 0 Å². The third-order valence-corrected chi connectivity index (χ3v) is 5.64. The van der Waals surface area contributed by atoms with Gasteiger partial charge in [0.25, 0.3) is 5.56 Å². The van der Waals surface area contributed by atoms with E-state index in [1.165, 1.54) is 0 Å². The summed E-state index contributed by atoms with van der Waals surface area (Å²) < 4.78 is 20.1. The number of methoxy groups -OCH3 is 3. The van der Waals surface area contributed by atoms with Gasteiger partial charge in [0, 0.05) is 6.07 Å². The summed E-state index contributed by atoms with van der Waals surface area (Å²) >= 11 is 0. The molecule has 0 saturated heterocycles. The fourth-order valence-corrected chi connectivity index (χ4v) is 4.05. The van der Waals surface area contributed by atoms with Crippen LogP contribution in [0.4, 0.5) is 0 Å². The van der Waals surface area contributed by atoms with E-state index in [0.29, 0.717) is 51.9 Å². The van der Waals surface area contributed by atoms with Gasteiger partial charge in [-0.15, -0.1) is 10.2 Å². The van der Waals surface area contributed by atoms with Crippen molar-refractivity contribution in [2.45, 2.75) is 6.54 Å². The molecule has 8 heteroatoms. The molecule has 0 N–H and O–H groups in total. The summed E-state index contributed by atoms with van der Waals surface area (Å²) in [5.74, 6) is 2.59. The summed E-state index contributed by atoms with van der Waals surface area (Å²) in [5.41, 5.74) is 2.24. The molecule has 166 valence electrons. The molecule has 3 aromatic carbocycles. The van der Waals surface area contributed by atoms with E-state index in [4.69, 9.17) is 14.2 Å². The minimum Gasteiger partial charge on any atom is -0.496 e. The van der Waals surface area contributed by atoms with E-state index in [1.807, 2.05) is 59.0 Å². The second-order valence-corrected chi connectivity index (χ2v) is 7.46. The number of ether oxygens (including phenoxy) is 3. The van der Waals surface area contributed by atoms with Gasteiger partial charge in [0.15, 0.2) is 17.3 Å². The highest BCUT2D eigenvalue weighted by molar-refractivity contribution is 5.83. The summed E-state index contributed by atoms with van der Waals surface area (Å²) in [5, 5.41) is 9.47. The standard InChI is InChI=1S/C25H22N4O4/c1-31-20-14-22(33-3)21(32-2)13-18(20)23-26-27-25-28(15-16-9-5-4-6-10-16)24(30)17-11-7-8-12-19(17)29(23)25/h4-14H,15H2,1-3H3. The molecule has 0 spiro atoms. The van der Waals surface area contributed by atoms with E-state index in [9.17, 15) is 4.79 Å². The van der Waals surface area contributed by atoms with Crippen LogP contribution in [-0.2, 0) is 6.54 Å². The largest absolute Gasteiger partial charge is 0.496 e. The second kappa shape index (κ2) is 8.31. The van der Waals surface area contributed by atoms with Gasteiger partial charge in [0.1, 0.15) is 5.75 Å². The van der Waals surface area contributed by atoms with Crippen LogP contribution in [0.15, 0.2) is 71.5 Å². The van der Waals surface area contributed by atoms with Crippen LogP contribution < -0.4 is 19.8 Å². The predicted octanol–water partition coefficient (Wildman–Crippen LogP) is 3.79. The van der Waals surface area contributed by atoms with Gasteiger partial charge in [-0.1, -0.05) is 42.5 Å². The average Bonchev–Trinajstić information content (AvgIpc) is 3.31. The zero-order valence-electron chi connectivity index (χ0n) is 18.5. The quantitative estimate of drug-likeness (QED) is 0.398. The summed E-state index contributed by atoms with van der Waals surface area (Å²) in [4.78, 5) is 13.4. The Labute approximate surface area is 189 Å². The maximum atomic E-state index is 13.4. The van der Waals surface area contributed by atoms with Crippen molar-refractivity contribution in [2.75, 3.05) is 21.3 Å². The molecule has 2 aromatic heterocycles. The molecule has 0 atom stereocenters. The first-order chi connectivity index (χ1) is 16.2. The van der Waals surface area contributed by atoms with Crippen molar-refractivity contribution in [3.05, 3.63) is 82.6 Å². The smallest absolute Gasteiger partial charge is 0.263 e. The first kappa shape index (κ1) is 20.6. The lowest BCUT2D eigenvalue weighted by molar-refractivity contribution is 0.349. The van der Waals surface area contributed by atoms with Crippen LogP contribution in [0.5, 0.6) is 17.2 Å². The zero-order chi connectivity index (χ0) is 22.9. The molecule has 0 aliphatic carbocycles. The molecular weight excluding hydrogens is 420 g/mol. The Hall–Kier alpha value is -4.33. The molecule has 0 radical (unpaired) electrons. The van der Waals surface area contributed by atoms with Gasteiger partial charge in [-0.05, 0) is 23.8 Å². The number of hydrogen-bond acceptors (Lipinski definition) is 6. The van der Waals surface area contributed by atoms with Crippen LogP contribution in [0.1, 0.15) is 5.56 Å². The number of nitrogens with zero attached hydrogens (tertiary/aromatic N) is 4. The predicted molar refractivity (Wildman–Crippen MR) is 125 cm³/mol. The molecule has 0 bridgehead atoms. The Morgan fingerprint density at radius 2 is 1.45 bits per heavy atom. The van der Waals surface area contributed by atoms with Crippen molar-refractivity contribution in [1.82, 2.24) is 19.2 Å². The fraction of sp³-hybridized carbons (Fsp3) is 0.160. The molecule has 33 heavy (non-hydrogen) atoms. The number of aromatic nitrogens is 4. The summed E-state index contributed by atoms with van der Waals surface area (Å²) in [6.45, 7) is 0.370. The Morgan fingerprint density at radius 1 is 0.788 bits per heavy atom.